The van der Waals surface area contributed by atoms with Gasteiger partial charge >= 0.3 is 0 Å². The van der Waals surface area contributed by atoms with Crippen molar-refractivity contribution in [3.8, 4) is 0 Å². The monoisotopic (exact) mass is 861 g/mol. The highest BCUT2D eigenvalue weighted by molar-refractivity contribution is 7.45. The molecular formula is C51H93N2O6P. The Labute approximate surface area is 370 Å². The molecule has 8 nitrogen and oxygen atoms in total. The van der Waals surface area contributed by atoms with E-state index in [-0.39, 0.29) is 19.1 Å². The lowest BCUT2D eigenvalue weighted by Crippen LogP contribution is -2.46. The second-order valence-electron chi connectivity index (χ2n) is 17.4. The zero-order valence-electron chi connectivity index (χ0n) is 39.4. The molecule has 60 heavy (non-hydrogen) atoms. The largest absolute Gasteiger partial charge is 0.756 e. The third-order valence-electron chi connectivity index (χ3n) is 10.5. The van der Waals surface area contributed by atoms with Gasteiger partial charge in [0.1, 0.15) is 13.2 Å². The Balaban J connectivity index is 4.37. The summed E-state index contributed by atoms with van der Waals surface area (Å²) in [6, 6.07) is -0.818. The summed E-state index contributed by atoms with van der Waals surface area (Å²) in [7, 11) is 1.27. The first-order valence-corrected chi connectivity index (χ1v) is 25.7. The molecule has 0 saturated carbocycles. The predicted molar refractivity (Wildman–Crippen MR) is 256 cm³/mol. The number of aliphatic hydroxyl groups is 1. The molecule has 0 fully saturated rings. The number of phosphoric acid groups is 1. The topological polar surface area (TPSA) is 108 Å². The van der Waals surface area contributed by atoms with Gasteiger partial charge in [0.25, 0.3) is 7.82 Å². The van der Waals surface area contributed by atoms with E-state index in [1.165, 1.54) is 77.0 Å². The normalized spacial score (nSPS) is 14.8. The molecule has 0 aliphatic rings. The van der Waals surface area contributed by atoms with E-state index in [0.717, 1.165) is 89.9 Å². The van der Waals surface area contributed by atoms with Crippen LogP contribution in [-0.2, 0) is 18.4 Å². The maximum absolute atomic E-state index is 12.9. The van der Waals surface area contributed by atoms with Gasteiger partial charge in [-0.2, -0.15) is 0 Å². The number of phosphoric ester groups is 1. The van der Waals surface area contributed by atoms with Crippen LogP contribution < -0.4 is 10.2 Å². The zero-order chi connectivity index (χ0) is 44.3. The van der Waals surface area contributed by atoms with Gasteiger partial charge in [0.15, 0.2) is 0 Å². The van der Waals surface area contributed by atoms with Crippen LogP contribution in [0.25, 0.3) is 0 Å². The van der Waals surface area contributed by atoms with Gasteiger partial charge in [-0.25, -0.2) is 0 Å². The molecule has 0 aromatic carbocycles. The van der Waals surface area contributed by atoms with Gasteiger partial charge in [0.05, 0.1) is 39.9 Å². The van der Waals surface area contributed by atoms with Gasteiger partial charge in [-0.05, 0) is 64.2 Å². The second kappa shape index (κ2) is 42.3. The van der Waals surface area contributed by atoms with E-state index in [0.29, 0.717) is 23.9 Å². The fourth-order valence-electron chi connectivity index (χ4n) is 6.63. The van der Waals surface area contributed by atoms with Crippen molar-refractivity contribution in [2.75, 3.05) is 40.9 Å². The van der Waals surface area contributed by atoms with Crippen LogP contribution in [0.2, 0.25) is 0 Å². The lowest BCUT2D eigenvalue weighted by atomic mass is 10.0. The summed E-state index contributed by atoms with van der Waals surface area (Å²) in [4.78, 5) is 25.4. The molecule has 0 aromatic heterocycles. The van der Waals surface area contributed by atoms with Crippen LogP contribution in [0.1, 0.15) is 194 Å². The number of hydrogen-bond acceptors (Lipinski definition) is 6. The van der Waals surface area contributed by atoms with Gasteiger partial charge in [-0.1, -0.05) is 196 Å². The van der Waals surface area contributed by atoms with Crippen molar-refractivity contribution < 1.29 is 32.9 Å². The average molecular weight is 861 g/mol. The van der Waals surface area contributed by atoms with Crippen LogP contribution in [0.5, 0.6) is 0 Å². The van der Waals surface area contributed by atoms with Crippen LogP contribution in [0.4, 0.5) is 0 Å². The first-order chi connectivity index (χ1) is 29.0. The molecule has 0 aliphatic carbocycles. The number of unbranched alkanes of at least 4 members (excludes halogenated alkanes) is 18. The zero-order valence-corrected chi connectivity index (χ0v) is 40.3. The predicted octanol–water partition coefficient (Wildman–Crippen LogP) is 13.3. The molecule has 0 rings (SSSR count). The summed E-state index contributed by atoms with van der Waals surface area (Å²) in [5.41, 5.74) is 0. The number of likely N-dealkylation sites (N-methyl/N-ethyl adjacent to an activating group) is 1. The van der Waals surface area contributed by atoms with Crippen LogP contribution in [0, 0.1) is 0 Å². The molecule has 2 N–H and O–H groups in total. The van der Waals surface area contributed by atoms with Crippen molar-refractivity contribution in [3.63, 3.8) is 0 Å². The third kappa shape index (κ3) is 44.0. The summed E-state index contributed by atoms with van der Waals surface area (Å²) in [5, 5.41) is 13.9. The van der Waals surface area contributed by atoms with Crippen LogP contribution in [0.15, 0.2) is 72.9 Å². The van der Waals surface area contributed by atoms with Crippen LogP contribution in [-0.4, -0.2) is 68.5 Å². The van der Waals surface area contributed by atoms with Crippen LogP contribution in [0.3, 0.4) is 0 Å². The molecule has 0 spiro atoms. The first kappa shape index (κ1) is 57.9. The number of aliphatic hydroxyl groups excluding tert-OH is 1. The maximum atomic E-state index is 12.9. The molecule has 0 radical (unpaired) electrons. The molecule has 0 heterocycles. The van der Waals surface area contributed by atoms with Crippen molar-refractivity contribution in [2.24, 2.45) is 0 Å². The maximum Gasteiger partial charge on any atom is 0.268 e. The second-order valence-corrected chi connectivity index (χ2v) is 18.8. The number of nitrogens with one attached hydrogen (secondary N) is 1. The van der Waals surface area contributed by atoms with E-state index in [4.69, 9.17) is 9.05 Å². The van der Waals surface area contributed by atoms with Gasteiger partial charge < -0.3 is 28.8 Å². The van der Waals surface area contributed by atoms with E-state index < -0.39 is 20.0 Å². The minimum absolute atomic E-state index is 0.00305. The SMILES string of the molecule is CC/C=C\C/C=C\C/C=C\C/C=C\C/C=C\C/C=C\CCCCCCC(=O)NC(COP(=O)([O-])OCC[N+](C)(C)C)C(O)CCCCCCCCCCCCCCCCC. The van der Waals surface area contributed by atoms with E-state index in [9.17, 15) is 19.4 Å². The van der Waals surface area contributed by atoms with Crippen LogP contribution >= 0.6 is 7.82 Å². The molecule has 3 unspecified atom stereocenters. The Morgan fingerprint density at radius 1 is 0.600 bits per heavy atom. The molecule has 1 amide bonds. The Morgan fingerprint density at radius 2 is 1.02 bits per heavy atom. The Morgan fingerprint density at radius 3 is 1.48 bits per heavy atom. The number of quaternary nitrogens is 1. The standard InChI is InChI=1S/C51H93N2O6P/c1-6-8-10-12-14-16-18-20-22-23-24-25-26-27-28-29-31-33-35-37-39-41-43-45-51(55)52-49(48-59-60(56,57)58-47-46-53(3,4)5)50(54)44-42-40-38-36-34-32-30-21-19-17-15-13-11-9-7-2/h8,10,14,16,20,22,24-25,27-28,31,33,49-50,54H,6-7,9,11-13,15,17-19,21,23,26,29-30,32,34-48H2,1-5H3,(H-,52,55,56,57)/b10-8-,16-14-,22-20-,25-24-,28-27-,33-31-. The summed E-state index contributed by atoms with van der Waals surface area (Å²) < 4.78 is 23.3. The average Bonchev–Trinajstić information content (AvgIpc) is 3.20. The Hall–Kier alpha value is -2.06. The molecule has 3 atom stereocenters. The number of allylic oxidation sites excluding steroid dienone is 12. The summed E-state index contributed by atoms with van der Waals surface area (Å²) in [6.07, 6.45) is 56.2. The highest BCUT2D eigenvalue weighted by Gasteiger charge is 2.24. The summed E-state index contributed by atoms with van der Waals surface area (Å²) >= 11 is 0. The molecular weight excluding hydrogens is 768 g/mol. The third-order valence-corrected chi connectivity index (χ3v) is 11.4. The molecule has 9 heteroatoms. The molecule has 0 aromatic rings. The minimum Gasteiger partial charge on any atom is -0.756 e. The highest BCUT2D eigenvalue weighted by atomic mass is 31.2. The van der Waals surface area contributed by atoms with E-state index in [1.54, 1.807) is 0 Å². The number of carbonyl (C=O) groups excluding carboxylic acids is 1. The molecule has 0 saturated heterocycles. The van der Waals surface area contributed by atoms with Crippen molar-refractivity contribution in [1.29, 1.82) is 0 Å². The van der Waals surface area contributed by atoms with Gasteiger partial charge in [-0.3, -0.25) is 9.36 Å². The number of amides is 1. The van der Waals surface area contributed by atoms with E-state index >= 15 is 0 Å². The fourth-order valence-corrected chi connectivity index (χ4v) is 7.35. The van der Waals surface area contributed by atoms with E-state index in [2.05, 4.69) is 92.1 Å². The van der Waals surface area contributed by atoms with Gasteiger partial charge in [0.2, 0.25) is 5.91 Å². The molecule has 0 bridgehead atoms. The number of hydrogen-bond donors (Lipinski definition) is 2. The Bertz CT molecular complexity index is 1200. The Kier molecular flexibility index (Phi) is 40.8. The lowest BCUT2D eigenvalue weighted by molar-refractivity contribution is -0.870. The van der Waals surface area contributed by atoms with Gasteiger partial charge in [-0.15, -0.1) is 0 Å². The smallest absolute Gasteiger partial charge is 0.268 e. The number of carbonyl (C=O) groups is 1. The van der Waals surface area contributed by atoms with Crippen molar-refractivity contribution in [2.45, 2.75) is 206 Å². The van der Waals surface area contributed by atoms with Crippen molar-refractivity contribution >= 4 is 13.7 Å². The summed E-state index contributed by atoms with van der Waals surface area (Å²) in [5.74, 6) is -0.192. The first-order valence-electron chi connectivity index (χ1n) is 24.3. The lowest BCUT2D eigenvalue weighted by Gasteiger charge is -2.30. The van der Waals surface area contributed by atoms with E-state index in [1.807, 2.05) is 21.1 Å². The minimum atomic E-state index is -4.58. The summed E-state index contributed by atoms with van der Waals surface area (Å²) in [6.45, 7) is 4.58. The molecule has 0 aliphatic heterocycles. The number of nitrogens with zero attached hydrogens (tertiary/aromatic N) is 1. The number of rotatable bonds is 43. The quantitative estimate of drug-likeness (QED) is 0.0274. The van der Waals surface area contributed by atoms with Gasteiger partial charge in [0, 0.05) is 6.42 Å². The van der Waals surface area contributed by atoms with Crippen molar-refractivity contribution in [3.05, 3.63) is 72.9 Å². The highest BCUT2D eigenvalue weighted by Crippen LogP contribution is 2.38. The molecule has 348 valence electrons. The van der Waals surface area contributed by atoms with Crippen molar-refractivity contribution in [1.82, 2.24) is 5.32 Å². The fraction of sp³-hybridized carbons (Fsp3) is 0.745.